The van der Waals surface area contributed by atoms with Crippen LogP contribution in [0.5, 0.6) is 11.5 Å². The van der Waals surface area contributed by atoms with Gasteiger partial charge >= 0.3 is 6.61 Å². The Morgan fingerprint density at radius 1 is 1.14 bits per heavy atom. The van der Waals surface area contributed by atoms with Gasteiger partial charge in [0.1, 0.15) is 11.5 Å². The van der Waals surface area contributed by atoms with Crippen molar-refractivity contribution in [3.8, 4) is 11.5 Å². The molecular weight excluding hydrogens is 290 g/mol. The molecule has 0 saturated heterocycles. The van der Waals surface area contributed by atoms with Gasteiger partial charge in [-0.1, -0.05) is 30.3 Å². The van der Waals surface area contributed by atoms with Gasteiger partial charge in [0.2, 0.25) is 0 Å². The fourth-order valence-corrected chi connectivity index (χ4v) is 1.89. The SMILES string of the molecule is COc1ccccc1/C=C/C(=O)c1cccc(OC(F)F)c1. The maximum absolute atomic E-state index is 12.2. The molecular formula is C17H14F2O3. The standard InChI is InChI=1S/C17H14F2O3/c1-21-16-8-3-2-5-12(16)9-10-15(20)13-6-4-7-14(11-13)22-17(18)19/h2-11,17H,1H3/b10-9+. The summed E-state index contributed by atoms with van der Waals surface area (Å²) in [6.45, 7) is -2.92. The molecule has 0 saturated carbocycles. The van der Waals surface area contributed by atoms with E-state index in [1.165, 1.54) is 30.3 Å². The molecule has 5 heteroatoms. The van der Waals surface area contributed by atoms with E-state index in [0.29, 0.717) is 5.75 Å². The predicted octanol–water partition coefficient (Wildman–Crippen LogP) is 4.19. The Labute approximate surface area is 126 Å². The highest BCUT2D eigenvalue weighted by Gasteiger charge is 2.08. The molecule has 0 amide bonds. The molecule has 0 bridgehead atoms. The molecule has 2 aromatic rings. The lowest BCUT2D eigenvalue weighted by atomic mass is 10.1. The zero-order valence-electron chi connectivity index (χ0n) is 11.8. The minimum absolute atomic E-state index is 0.0495. The van der Waals surface area contributed by atoms with E-state index in [0.717, 1.165) is 5.56 Å². The second-order valence-electron chi connectivity index (χ2n) is 4.35. The van der Waals surface area contributed by atoms with Gasteiger partial charge < -0.3 is 9.47 Å². The monoisotopic (exact) mass is 304 g/mol. The van der Waals surface area contributed by atoms with Crippen molar-refractivity contribution in [1.82, 2.24) is 0 Å². The molecule has 2 rings (SSSR count). The molecule has 0 heterocycles. The summed E-state index contributed by atoms with van der Waals surface area (Å²) in [5, 5.41) is 0. The average molecular weight is 304 g/mol. The summed E-state index contributed by atoms with van der Waals surface area (Å²) in [6, 6.07) is 12.9. The third-order valence-corrected chi connectivity index (χ3v) is 2.90. The van der Waals surface area contributed by atoms with Crippen molar-refractivity contribution in [3.63, 3.8) is 0 Å². The van der Waals surface area contributed by atoms with Crippen LogP contribution in [0.15, 0.2) is 54.6 Å². The number of carbonyl (C=O) groups is 1. The molecule has 0 fully saturated rings. The van der Waals surface area contributed by atoms with E-state index >= 15 is 0 Å². The first kappa shape index (κ1) is 15.7. The number of halogens is 2. The van der Waals surface area contributed by atoms with Crippen molar-refractivity contribution >= 4 is 11.9 Å². The number of ether oxygens (including phenoxy) is 2. The van der Waals surface area contributed by atoms with Crippen LogP contribution in [0.4, 0.5) is 8.78 Å². The molecule has 0 unspecified atom stereocenters. The highest BCUT2D eigenvalue weighted by atomic mass is 19.3. The Bertz CT molecular complexity index is 681. The summed E-state index contributed by atoms with van der Waals surface area (Å²) in [5.74, 6) is 0.276. The molecule has 0 aliphatic rings. The largest absolute Gasteiger partial charge is 0.496 e. The van der Waals surface area contributed by atoms with Gasteiger partial charge in [0.15, 0.2) is 5.78 Å². The van der Waals surface area contributed by atoms with E-state index in [1.807, 2.05) is 12.1 Å². The molecule has 114 valence electrons. The third-order valence-electron chi connectivity index (χ3n) is 2.90. The minimum Gasteiger partial charge on any atom is -0.496 e. The van der Waals surface area contributed by atoms with Gasteiger partial charge in [-0.15, -0.1) is 0 Å². The first-order valence-electron chi connectivity index (χ1n) is 6.50. The highest BCUT2D eigenvalue weighted by Crippen LogP contribution is 2.20. The summed E-state index contributed by atoms with van der Waals surface area (Å²) in [4.78, 5) is 12.1. The van der Waals surface area contributed by atoms with E-state index in [4.69, 9.17) is 4.74 Å². The average Bonchev–Trinajstić information content (AvgIpc) is 2.52. The van der Waals surface area contributed by atoms with Crippen molar-refractivity contribution in [2.75, 3.05) is 7.11 Å². The first-order valence-corrected chi connectivity index (χ1v) is 6.50. The lowest BCUT2D eigenvalue weighted by molar-refractivity contribution is -0.0498. The van der Waals surface area contributed by atoms with Crippen LogP contribution in [-0.4, -0.2) is 19.5 Å². The van der Waals surface area contributed by atoms with Crippen molar-refractivity contribution in [3.05, 3.63) is 65.7 Å². The number of hydrogen-bond acceptors (Lipinski definition) is 3. The Morgan fingerprint density at radius 2 is 1.91 bits per heavy atom. The van der Waals surface area contributed by atoms with Crippen LogP contribution in [0.3, 0.4) is 0 Å². The van der Waals surface area contributed by atoms with Crippen molar-refractivity contribution in [2.24, 2.45) is 0 Å². The molecule has 0 N–H and O–H groups in total. The molecule has 0 aromatic heterocycles. The molecule has 22 heavy (non-hydrogen) atoms. The number of benzene rings is 2. The van der Waals surface area contributed by atoms with E-state index in [2.05, 4.69) is 4.74 Å². The molecule has 0 aliphatic carbocycles. The van der Waals surface area contributed by atoms with Crippen LogP contribution < -0.4 is 9.47 Å². The maximum atomic E-state index is 12.2. The van der Waals surface area contributed by atoms with Crippen LogP contribution in [0, 0.1) is 0 Å². The zero-order valence-corrected chi connectivity index (χ0v) is 11.8. The Hall–Kier alpha value is -2.69. The zero-order chi connectivity index (χ0) is 15.9. The van der Waals surface area contributed by atoms with Crippen LogP contribution in [0.25, 0.3) is 6.08 Å². The number of alkyl halides is 2. The fraction of sp³-hybridized carbons (Fsp3) is 0.118. The second-order valence-corrected chi connectivity index (χ2v) is 4.35. The fourth-order valence-electron chi connectivity index (χ4n) is 1.89. The van der Waals surface area contributed by atoms with Crippen LogP contribution in [0.1, 0.15) is 15.9 Å². The van der Waals surface area contributed by atoms with Crippen LogP contribution >= 0.6 is 0 Å². The third kappa shape index (κ3) is 4.15. The normalized spacial score (nSPS) is 10.9. The van der Waals surface area contributed by atoms with E-state index < -0.39 is 6.61 Å². The van der Waals surface area contributed by atoms with Crippen LogP contribution in [-0.2, 0) is 0 Å². The smallest absolute Gasteiger partial charge is 0.387 e. The number of para-hydroxylation sites is 1. The molecule has 0 radical (unpaired) electrons. The lowest BCUT2D eigenvalue weighted by Gasteiger charge is -2.05. The van der Waals surface area contributed by atoms with E-state index in [9.17, 15) is 13.6 Å². The van der Waals surface area contributed by atoms with Gasteiger partial charge in [-0.25, -0.2) is 0 Å². The topological polar surface area (TPSA) is 35.5 Å². The van der Waals surface area contributed by atoms with Crippen molar-refractivity contribution in [2.45, 2.75) is 6.61 Å². The summed E-state index contributed by atoms with van der Waals surface area (Å²) in [7, 11) is 1.54. The number of allylic oxidation sites excluding steroid dienone is 1. The summed E-state index contributed by atoms with van der Waals surface area (Å²) >= 11 is 0. The molecule has 0 spiro atoms. The lowest BCUT2D eigenvalue weighted by Crippen LogP contribution is -2.03. The number of methoxy groups -OCH3 is 1. The Kier molecular flexibility index (Phi) is 5.25. The number of hydrogen-bond donors (Lipinski definition) is 0. The van der Waals surface area contributed by atoms with Gasteiger partial charge in [0.25, 0.3) is 0 Å². The van der Waals surface area contributed by atoms with Gasteiger partial charge in [0, 0.05) is 11.1 Å². The molecule has 0 atom stereocenters. The Morgan fingerprint density at radius 3 is 2.64 bits per heavy atom. The second kappa shape index (κ2) is 7.36. The number of ketones is 1. The summed E-state index contributed by atoms with van der Waals surface area (Å²) in [6.07, 6.45) is 2.97. The maximum Gasteiger partial charge on any atom is 0.387 e. The summed E-state index contributed by atoms with van der Waals surface area (Å²) in [5.41, 5.74) is 1.02. The number of rotatable bonds is 6. The van der Waals surface area contributed by atoms with Crippen molar-refractivity contribution < 1.29 is 23.0 Å². The van der Waals surface area contributed by atoms with Gasteiger partial charge in [-0.05, 0) is 30.4 Å². The predicted molar refractivity (Wildman–Crippen MR) is 79.4 cm³/mol. The number of carbonyl (C=O) groups excluding carboxylic acids is 1. The Balaban J connectivity index is 2.16. The summed E-state index contributed by atoms with van der Waals surface area (Å²) < 4.78 is 33.8. The van der Waals surface area contributed by atoms with E-state index in [1.54, 1.807) is 25.3 Å². The van der Waals surface area contributed by atoms with Gasteiger partial charge in [-0.3, -0.25) is 4.79 Å². The van der Waals surface area contributed by atoms with E-state index in [-0.39, 0.29) is 17.1 Å². The quantitative estimate of drug-likeness (QED) is 0.593. The van der Waals surface area contributed by atoms with Gasteiger partial charge in [-0.2, -0.15) is 8.78 Å². The van der Waals surface area contributed by atoms with Crippen LogP contribution in [0.2, 0.25) is 0 Å². The molecule has 0 aliphatic heterocycles. The first-order chi connectivity index (χ1) is 10.6. The minimum atomic E-state index is -2.92. The highest BCUT2D eigenvalue weighted by molar-refractivity contribution is 6.07. The molecule has 2 aromatic carbocycles. The molecule has 3 nitrogen and oxygen atoms in total. The van der Waals surface area contributed by atoms with Gasteiger partial charge in [0.05, 0.1) is 7.11 Å². The van der Waals surface area contributed by atoms with Crippen molar-refractivity contribution in [1.29, 1.82) is 0 Å².